The number of nitrogens with zero attached hydrogens (tertiary/aromatic N) is 4. The van der Waals surface area contributed by atoms with Gasteiger partial charge in [-0.2, -0.15) is 0 Å². The molecule has 1 saturated heterocycles. The Bertz CT molecular complexity index is 1770. The molecule has 0 bridgehead atoms. The number of imidazole rings is 1. The van der Waals surface area contributed by atoms with E-state index < -0.39 is 12.2 Å². The van der Waals surface area contributed by atoms with Crippen LogP contribution < -0.4 is 20.5 Å². The fourth-order valence-corrected chi connectivity index (χ4v) is 5.79. The highest BCUT2D eigenvalue weighted by molar-refractivity contribution is 7.12. The molecule has 0 atom stereocenters. The maximum atomic E-state index is 13.5. The lowest BCUT2D eigenvalue weighted by Gasteiger charge is -2.26. The minimum absolute atomic E-state index is 0.0897. The molecule has 0 unspecified atom stereocenters. The first kappa shape index (κ1) is 24.7. The number of morpholine rings is 1. The number of alkyl halides is 2. The average molecular weight is 569 g/mol. The van der Waals surface area contributed by atoms with Gasteiger partial charge in [0.1, 0.15) is 11.5 Å². The van der Waals surface area contributed by atoms with E-state index in [2.05, 4.69) is 29.7 Å². The van der Waals surface area contributed by atoms with Crippen LogP contribution in [0.5, 0.6) is 11.5 Å². The van der Waals surface area contributed by atoms with Crippen molar-refractivity contribution < 1.29 is 27.8 Å². The third-order valence-corrected chi connectivity index (χ3v) is 7.71. The van der Waals surface area contributed by atoms with Crippen molar-refractivity contribution >= 4 is 45.0 Å². The Labute approximate surface area is 228 Å². The molecule has 2 aliphatic heterocycles. The van der Waals surface area contributed by atoms with E-state index in [1.807, 2.05) is 24.3 Å². The smallest absolute Gasteiger partial charge is 0.395 e. The monoisotopic (exact) mass is 568 g/mol. The van der Waals surface area contributed by atoms with Crippen LogP contribution in [0, 0.1) is 0 Å². The molecule has 0 saturated carbocycles. The molecule has 5 heterocycles. The minimum Gasteiger partial charge on any atom is -0.395 e. The number of nitrogens with one attached hydrogen (secondary N) is 2. The van der Waals surface area contributed by atoms with Crippen molar-refractivity contribution in [2.24, 2.45) is 0 Å². The zero-order valence-corrected chi connectivity index (χ0v) is 21.7. The maximum absolute atomic E-state index is 13.5. The largest absolute Gasteiger partial charge is 0.586 e. The number of benzene rings is 2. The van der Waals surface area contributed by atoms with Crippen molar-refractivity contribution in [1.82, 2.24) is 24.0 Å². The fourth-order valence-electron chi connectivity index (χ4n) is 4.98. The number of carbonyl (C=O) groups is 1. The normalized spacial score (nSPS) is 16.6. The van der Waals surface area contributed by atoms with E-state index in [1.54, 1.807) is 16.0 Å². The summed E-state index contributed by atoms with van der Waals surface area (Å²) in [4.78, 5) is 36.2. The quantitative estimate of drug-likeness (QED) is 0.321. The lowest BCUT2D eigenvalue weighted by Crippen LogP contribution is -2.39. The van der Waals surface area contributed by atoms with Gasteiger partial charge >= 0.3 is 12.0 Å². The van der Waals surface area contributed by atoms with Gasteiger partial charge in [0.2, 0.25) is 0 Å². The number of ether oxygens (including phenoxy) is 3. The molecule has 5 aromatic rings. The topological polar surface area (TPSA) is 116 Å². The van der Waals surface area contributed by atoms with Gasteiger partial charge in [-0.15, -0.1) is 20.1 Å². The lowest BCUT2D eigenvalue weighted by molar-refractivity contribution is -0.286. The Hall–Kier alpha value is -4.27. The van der Waals surface area contributed by atoms with Crippen molar-refractivity contribution in [1.29, 1.82) is 0 Å². The molecule has 7 rings (SSSR count). The molecule has 11 nitrogen and oxygen atoms in total. The summed E-state index contributed by atoms with van der Waals surface area (Å²) >= 11 is 1.19. The predicted molar refractivity (Wildman–Crippen MR) is 143 cm³/mol. The van der Waals surface area contributed by atoms with E-state index in [4.69, 9.17) is 4.74 Å². The van der Waals surface area contributed by atoms with Crippen LogP contribution in [-0.4, -0.2) is 69.1 Å². The predicted octanol–water partition coefficient (Wildman–Crippen LogP) is 3.64. The zero-order chi connectivity index (χ0) is 27.4. The Morgan fingerprint density at radius 3 is 2.62 bits per heavy atom. The van der Waals surface area contributed by atoms with E-state index >= 15 is 0 Å². The maximum Gasteiger partial charge on any atom is 0.586 e. The molecule has 40 heavy (non-hydrogen) atoms. The molecule has 1 fully saturated rings. The second-order valence-electron chi connectivity index (χ2n) is 9.42. The van der Waals surface area contributed by atoms with E-state index in [-0.39, 0.29) is 22.9 Å². The molecule has 14 heteroatoms. The summed E-state index contributed by atoms with van der Waals surface area (Å²) in [5.74, 6) is -0.351. The zero-order valence-electron chi connectivity index (χ0n) is 20.9. The van der Waals surface area contributed by atoms with Crippen molar-refractivity contribution in [2.75, 3.05) is 38.2 Å². The number of amides is 1. The van der Waals surface area contributed by atoms with Crippen LogP contribution >= 0.6 is 11.3 Å². The van der Waals surface area contributed by atoms with Gasteiger partial charge in [0.05, 0.1) is 29.8 Å². The van der Waals surface area contributed by atoms with Crippen LogP contribution in [0.15, 0.2) is 52.6 Å². The van der Waals surface area contributed by atoms with E-state index in [0.717, 1.165) is 25.2 Å². The minimum atomic E-state index is -3.71. The van der Waals surface area contributed by atoms with E-state index in [1.165, 1.54) is 28.0 Å². The summed E-state index contributed by atoms with van der Waals surface area (Å²) in [6, 6.07) is 11.9. The number of hydrogen-bond acceptors (Lipinski definition) is 8. The number of hydrogen-bond donors (Lipinski definition) is 2. The van der Waals surface area contributed by atoms with Gasteiger partial charge in [-0.3, -0.25) is 14.3 Å². The number of fused-ring (bicyclic) bond motifs is 3. The molecule has 206 valence electrons. The molecule has 0 spiro atoms. The molecule has 0 aliphatic carbocycles. The molecule has 1 amide bonds. The van der Waals surface area contributed by atoms with E-state index in [9.17, 15) is 18.4 Å². The molecule has 3 aromatic heterocycles. The summed E-state index contributed by atoms with van der Waals surface area (Å²) in [6.07, 6.45) is -3.71. The summed E-state index contributed by atoms with van der Waals surface area (Å²) in [6.45, 7) is 4.26. The second kappa shape index (κ2) is 9.43. The van der Waals surface area contributed by atoms with E-state index in [0.29, 0.717) is 47.1 Å². The number of rotatable bonds is 6. The summed E-state index contributed by atoms with van der Waals surface area (Å²) in [5.41, 5.74) is 1.87. The van der Waals surface area contributed by atoms with Crippen molar-refractivity contribution in [3.8, 4) is 16.6 Å². The van der Waals surface area contributed by atoms with Crippen LogP contribution in [0.2, 0.25) is 0 Å². The summed E-state index contributed by atoms with van der Waals surface area (Å²) in [5, 5.41) is 5.23. The van der Waals surface area contributed by atoms with Gasteiger partial charge in [0.25, 0.3) is 5.91 Å². The Morgan fingerprint density at radius 1 is 1.07 bits per heavy atom. The number of carbonyl (C=O) groups excluding carboxylic acids is 1. The Balaban J connectivity index is 1.13. The molecule has 2 aromatic carbocycles. The highest BCUT2D eigenvalue weighted by Gasteiger charge is 2.43. The first-order valence-electron chi connectivity index (χ1n) is 12.5. The average Bonchev–Trinajstić information content (AvgIpc) is 3.68. The van der Waals surface area contributed by atoms with Gasteiger partial charge in [-0.1, -0.05) is 12.1 Å². The van der Waals surface area contributed by atoms with Crippen LogP contribution in [0.4, 0.5) is 14.6 Å². The van der Waals surface area contributed by atoms with Crippen LogP contribution in [0.25, 0.3) is 27.1 Å². The fraction of sp³-hybridized carbons (Fsp3) is 0.269. The number of anilines is 1. The summed E-state index contributed by atoms with van der Waals surface area (Å²) in [7, 11) is 0. The van der Waals surface area contributed by atoms with Crippen molar-refractivity contribution in [3.05, 3.63) is 64.0 Å². The Kier molecular flexibility index (Phi) is 5.83. The molecule has 2 aliphatic rings. The third-order valence-electron chi connectivity index (χ3n) is 6.89. The van der Waals surface area contributed by atoms with Gasteiger partial charge in [0, 0.05) is 43.0 Å². The molecule has 0 radical (unpaired) electrons. The molecular weight excluding hydrogens is 546 g/mol. The van der Waals surface area contributed by atoms with Crippen LogP contribution in [-0.2, 0) is 11.3 Å². The van der Waals surface area contributed by atoms with Crippen LogP contribution in [0.1, 0.15) is 10.5 Å². The van der Waals surface area contributed by atoms with Crippen molar-refractivity contribution in [3.63, 3.8) is 0 Å². The highest BCUT2D eigenvalue weighted by Crippen LogP contribution is 2.43. The number of aromatic amines is 1. The lowest BCUT2D eigenvalue weighted by atomic mass is 10.2. The standard InChI is InChI=1S/C26H22F2N6O5S/c27-26(28)38-20-11-15-12-22(29-16(15)13-21(20)39-26)31-23(35)17-14-40-24(30-17)34-19-4-2-1-3-18(19)33(25(34)36)6-5-32-7-9-37-10-8-32/h1-4,11-14,29H,5-10H2,(H,31,35). The summed E-state index contributed by atoms with van der Waals surface area (Å²) < 4.78 is 44.3. The van der Waals surface area contributed by atoms with Gasteiger partial charge in [0.15, 0.2) is 16.6 Å². The van der Waals surface area contributed by atoms with Crippen molar-refractivity contribution in [2.45, 2.75) is 12.8 Å². The Morgan fingerprint density at radius 2 is 1.82 bits per heavy atom. The van der Waals surface area contributed by atoms with Crippen LogP contribution in [0.3, 0.4) is 0 Å². The number of para-hydroxylation sites is 2. The van der Waals surface area contributed by atoms with Gasteiger partial charge in [-0.05, 0) is 24.3 Å². The first-order chi connectivity index (χ1) is 19.3. The second-order valence-corrected chi connectivity index (χ2v) is 10.3. The highest BCUT2D eigenvalue weighted by atomic mass is 32.1. The number of aromatic nitrogens is 4. The van der Waals surface area contributed by atoms with Gasteiger partial charge in [-0.25, -0.2) is 14.3 Å². The third kappa shape index (κ3) is 4.39. The number of H-pyrrole nitrogens is 1. The number of halogens is 2. The molecular formula is C26H22F2N6O5S. The first-order valence-corrected chi connectivity index (χ1v) is 13.4. The van der Waals surface area contributed by atoms with Gasteiger partial charge < -0.3 is 24.5 Å². The number of thiazole rings is 1. The SMILES string of the molecule is O=C(Nc1cc2cc3c(cc2[nH]1)OC(F)(F)O3)c1csc(-n2c(=O)n(CCN3CCOCC3)c3ccccc32)n1. The molecule has 2 N–H and O–H groups in total.